The number of anilines is 1. The van der Waals surface area contributed by atoms with Crippen LogP contribution in [-0.2, 0) is 6.61 Å². The maximum absolute atomic E-state index is 6.17. The van der Waals surface area contributed by atoms with Crippen molar-refractivity contribution in [1.29, 1.82) is 0 Å². The number of aromatic nitrogens is 1. The molecule has 1 heterocycles. The highest BCUT2D eigenvalue weighted by Crippen LogP contribution is 2.28. The Labute approximate surface area is 197 Å². The van der Waals surface area contributed by atoms with Gasteiger partial charge in [0, 0.05) is 16.5 Å². The van der Waals surface area contributed by atoms with E-state index in [0.29, 0.717) is 6.61 Å². The van der Waals surface area contributed by atoms with Gasteiger partial charge in [-0.2, -0.15) is 5.10 Å². The van der Waals surface area contributed by atoms with Crippen molar-refractivity contribution in [3.8, 4) is 17.0 Å². The second-order valence-corrected chi connectivity index (χ2v) is 8.60. The molecule has 0 saturated carbocycles. The van der Waals surface area contributed by atoms with Crippen molar-refractivity contribution in [1.82, 2.24) is 4.98 Å². The highest BCUT2D eigenvalue weighted by atomic mass is 32.1. The Morgan fingerprint density at radius 2 is 1.70 bits per heavy atom. The van der Waals surface area contributed by atoms with Gasteiger partial charge in [-0.15, -0.1) is 11.3 Å². The predicted octanol–water partition coefficient (Wildman–Crippen LogP) is 7.30. The number of ether oxygens (including phenoxy) is 1. The van der Waals surface area contributed by atoms with Crippen LogP contribution in [0, 0.1) is 6.92 Å². The first-order chi connectivity index (χ1) is 16.3. The van der Waals surface area contributed by atoms with Crippen LogP contribution in [0.1, 0.15) is 16.7 Å². The monoisotopic (exact) mass is 449 g/mol. The molecule has 0 aliphatic heterocycles. The number of rotatable bonds is 7. The molecule has 5 heteroatoms. The lowest BCUT2D eigenvalue weighted by Crippen LogP contribution is -2.00. The summed E-state index contributed by atoms with van der Waals surface area (Å²) in [6.45, 7) is 2.58. The molecule has 5 aromatic rings. The van der Waals surface area contributed by atoms with E-state index in [2.05, 4.69) is 77.0 Å². The zero-order valence-corrected chi connectivity index (χ0v) is 19.0. The first-order valence-corrected chi connectivity index (χ1v) is 11.6. The molecule has 33 heavy (non-hydrogen) atoms. The Bertz CT molecular complexity index is 1390. The second kappa shape index (κ2) is 9.67. The molecule has 0 saturated heterocycles. The fraction of sp³-hybridized carbons (Fsp3) is 0.0714. The van der Waals surface area contributed by atoms with Crippen LogP contribution >= 0.6 is 11.3 Å². The lowest BCUT2D eigenvalue weighted by atomic mass is 10.0. The van der Waals surface area contributed by atoms with E-state index in [4.69, 9.17) is 4.74 Å². The Morgan fingerprint density at radius 1 is 0.909 bits per heavy atom. The van der Waals surface area contributed by atoms with Gasteiger partial charge in [0.25, 0.3) is 0 Å². The average molecular weight is 450 g/mol. The summed E-state index contributed by atoms with van der Waals surface area (Å²) >= 11 is 1.53. The third-order valence-corrected chi connectivity index (χ3v) is 6.12. The molecule has 0 aliphatic rings. The van der Waals surface area contributed by atoms with E-state index in [0.717, 1.165) is 44.0 Å². The van der Waals surface area contributed by atoms with Crippen LogP contribution in [0.5, 0.6) is 5.75 Å². The maximum Gasteiger partial charge on any atom is 0.203 e. The number of aryl methyl sites for hydroxylation is 1. The number of benzene rings is 4. The zero-order chi connectivity index (χ0) is 22.5. The van der Waals surface area contributed by atoms with Crippen molar-refractivity contribution >= 4 is 33.5 Å². The Kier molecular flexibility index (Phi) is 6.13. The minimum absolute atomic E-state index is 0.500. The average Bonchev–Trinajstić information content (AvgIpc) is 3.33. The zero-order valence-electron chi connectivity index (χ0n) is 18.2. The lowest BCUT2D eigenvalue weighted by molar-refractivity contribution is 0.306. The van der Waals surface area contributed by atoms with Gasteiger partial charge in [0.05, 0.1) is 11.9 Å². The van der Waals surface area contributed by atoms with Gasteiger partial charge < -0.3 is 4.74 Å². The van der Waals surface area contributed by atoms with E-state index < -0.39 is 0 Å². The van der Waals surface area contributed by atoms with Crippen LogP contribution in [0.15, 0.2) is 101 Å². The number of hydrogen-bond acceptors (Lipinski definition) is 5. The number of hydrazone groups is 1. The quantitative estimate of drug-likeness (QED) is 0.209. The Balaban J connectivity index is 1.37. The summed E-state index contributed by atoms with van der Waals surface area (Å²) < 4.78 is 6.17. The first kappa shape index (κ1) is 20.9. The summed E-state index contributed by atoms with van der Waals surface area (Å²) in [6.07, 6.45) is 1.82. The molecule has 0 aliphatic carbocycles. The van der Waals surface area contributed by atoms with Gasteiger partial charge in [-0.25, -0.2) is 4.98 Å². The SMILES string of the molecule is Cc1ccc(-c2csc(N/N=C/c3c(OCc4ccccc4)ccc4ccccc34)n2)cc1. The summed E-state index contributed by atoms with van der Waals surface area (Å²) in [6, 6.07) is 30.9. The van der Waals surface area contributed by atoms with E-state index in [1.165, 1.54) is 16.9 Å². The molecule has 0 radical (unpaired) electrons. The maximum atomic E-state index is 6.17. The largest absolute Gasteiger partial charge is 0.488 e. The third kappa shape index (κ3) is 4.94. The summed E-state index contributed by atoms with van der Waals surface area (Å²) in [7, 11) is 0. The minimum atomic E-state index is 0.500. The number of fused-ring (bicyclic) bond motifs is 1. The van der Waals surface area contributed by atoms with Crippen molar-refractivity contribution in [2.24, 2.45) is 5.10 Å². The minimum Gasteiger partial charge on any atom is -0.488 e. The molecule has 0 unspecified atom stereocenters. The number of nitrogens with zero attached hydrogens (tertiary/aromatic N) is 2. The molecule has 0 atom stereocenters. The fourth-order valence-corrected chi connectivity index (χ4v) is 4.27. The molecule has 4 aromatic carbocycles. The molecule has 0 bridgehead atoms. The normalized spacial score (nSPS) is 11.2. The summed E-state index contributed by atoms with van der Waals surface area (Å²) in [5.41, 5.74) is 8.41. The van der Waals surface area contributed by atoms with E-state index in [1.807, 2.05) is 48.0 Å². The predicted molar refractivity (Wildman–Crippen MR) is 138 cm³/mol. The molecule has 0 spiro atoms. The van der Waals surface area contributed by atoms with E-state index in [9.17, 15) is 0 Å². The Hall–Kier alpha value is -3.96. The van der Waals surface area contributed by atoms with Crippen LogP contribution in [0.4, 0.5) is 5.13 Å². The van der Waals surface area contributed by atoms with Crippen LogP contribution in [0.3, 0.4) is 0 Å². The van der Waals surface area contributed by atoms with Gasteiger partial charge in [-0.1, -0.05) is 90.5 Å². The summed E-state index contributed by atoms with van der Waals surface area (Å²) in [5.74, 6) is 0.794. The molecule has 1 N–H and O–H groups in total. The van der Waals surface area contributed by atoms with E-state index >= 15 is 0 Å². The lowest BCUT2D eigenvalue weighted by Gasteiger charge is -2.12. The number of thiazole rings is 1. The molecular weight excluding hydrogens is 426 g/mol. The first-order valence-electron chi connectivity index (χ1n) is 10.8. The molecule has 4 nitrogen and oxygen atoms in total. The van der Waals surface area contributed by atoms with Gasteiger partial charge in [-0.3, -0.25) is 5.43 Å². The second-order valence-electron chi connectivity index (χ2n) is 7.75. The standard InChI is InChI=1S/C28H23N3OS/c1-20-11-13-23(14-12-20)26-19-33-28(30-26)31-29-17-25-24-10-6-5-9-22(24)15-16-27(25)32-18-21-7-3-2-4-8-21/h2-17,19H,18H2,1H3,(H,30,31)/b29-17+. The van der Waals surface area contributed by atoms with Crippen LogP contribution in [0.25, 0.3) is 22.0 Å². The number of nitrogens with one attached hydrogen (secondary N) is 1. The molecule has 0 amide bonds. The van der Waals surface area contributed by atoms with Gasteiger partial charge in [0.2, 0.25) is 5.13 Å². The fourth-order valence-electron chi connectivity index (χ4n) is 3.60. The van der Waals surface area contributed by atoms with Gasteiger partial charge in [0.1, 0.15) is 12.4 Å². The molecule has 5 rings (SSSR count). The summed E-state index contributed by atoms with van der Waals surface area (Å²) in [4.78, 5) is 4.66. The van der Waals surface area contributed by atoms with Crippen LogP contribution < -0.4 is 10.2 Å². The van der Waals surface area contributed by atoms with Crippen LogP contribution in [0.2, 0.25) is 0 Å². The summed E-state index contributed by atoms with van der Waals surface area (Å²) in [5, 5.41) is 9.50. The molecular formula is C28H23N3OS. The van der Waals surface area contributed by atoms with Gasteiger partial charge in [-0.05, 0) is 29.3 Å². The smallest absolute Gasteiger partial charge is 0.203 e. The van der Waals surface area contributed by atoms with Crippen molar-refractivity contribution in [3.63, 3.8) is 0 Å². The molecule has 1 aromatic heterocycles. The molecule has 0 fully saturated rings. The van der Waals surface area contributed by atoms with Gasteiger partial charge >= 0.3 is 0 Å². The topological polar surface area (TPSA) is 46.5 Å². The van der Waals surface area contributed by atoms with Crippen molar-refractivity contribution in [2.45, 2.75) is 13.5 Å². The van der Waals surface area contributed by atoms with Gasteiger partial charge in [0.15, 0.2) is 0 Å². The van der Waals surface area contributed by atoms with Crippen molar-refractivity contribution in [3.05, 3.63) is 113 Å². The highest BCUT2D eigenvalue weighted by molar-refractivity contribution is 7.14. The highest BCUT2D eigenvalue weighted by Gasteiger charge is 2.08. The number of hydrogen-bond donors (Lipinski definition) is 1. The Morgan fingerprint density at radius 3 is 2.55 bits per heavy atom. The third-order valence-electron chi connectivity index (χ3n) is 5.37. The van der Waals surface area contributed by atoms with E-state index in [-0.39, 0.29) is 0 Å². The molecule has 162 valence electrons. The van der Waals surface area contributed by atoms with E-state index in [1.54, 1.807) is 0 Å². The van der Waals surface area contributed by atoms with Crippen LogP contribution in [-0.4, -0.2) is 11.2 Å². The van der Waals surface area contributed by atoms with Crippen molar-refractivity contribution in [2.75, 3.05) is 5.43 Å². The van der Waals surface area contributed by atoms with Crippen molar-refractivity contribution < 1.29 is 4.74 Å².